The summed E-state index contributed by atoms with van der Waals surface area (Å²) < 4.78 is 0. The second-order valence-corrected chi connectivity index (χ2v) is 6.56. The van der Waals surface area contributed by atoms with Gasteiger partial charge in [0.05, 0.1) is 22.3 Å². The summed E-state index contributed by atoms with van der Waals surface area (Å²) in [7, 11) is 0. The first-order chi connectivity index (χ1) is 14.7. The highest BCUT2D eigenvalue weighted by Crippen LogP contribution is 2.21. The molecule has 0 aliphatic rings. The molecular weight excluding hydrogens is 374 g/mol. The van der Waals surface area contributed by atoms with Crippen LogP contribution >= 0.6 is 0 Å². The summed E-state index contributed by atoms with van der Waals surface area (Å²) in [5.74, 6) is -0.931. The van der Waals surface area contributed by atoms with E-state index in [1.165, 1.54) is 0 Å². The standard InChI is InChI=1S/C13H11NO2.C12H8N2/c15-13(16)11-8-4-5-9-12(11)14-10-6-2-1-3-7-10;1-3-9-5-6-10-4-2-8-14-12(10)11(9)13-7-1/h1-9,14H,(H,15,16);1-8H. The van der Waals surface area contributed by atoms with Gasteiger partial charge in [-0.2, -0.15) is 0 Å². The van der Waals surface area contributed by atoms with Gasteiger partial charge in [-0.15, -0.1) is 0 Å². The maximum absolute atomic E-state index is 11.0. The van der Waals surface area contributed by atoms with Crippen molar-refractivity contribution in [1.82, 2.24) is 9.97 Å². The first-order valence-electron chi connectivity index (χ1n) is 9.45. The highest BCUT2D eigenvalue weighted by molar-refractivity contribution is 6.02. The van der Waals surface area contributed by atoms with Gasteiger partial charge in [0.2, 0.25) is 0 Å². The van der Waals surface area contributed by atoms with Crippen molar-refractivity contribution in [3.63, 3.8) is 0 Å². The lowest BCUT2D eigenvalue weighted by Gasteiger charge is -2.08. The number of nitrogens with one attached hydrogen (secondary N) is 1. The molecule has 0 fully saturated rings. The predicted octanol–water partition coefficient (Wildman–Crippen LogP) is 5.91. The van der Waals surface area contributed by atoms with Gasteiger partial charge in [0.25, 0.3) is 0 Å². The van der Waals surface area contributed by atoms with Crippen LogP contribution in [0.1, 0.15) is 10.4 Å². The molecule has 0 spiro atoms. The highest BCUT2D eigenvalue weighted by atomic mass is 16.4. The van der Waals surface area contributed by atoms with Crippen LogP contribution in [0.5, 0.6) is 0 Å². The minimum absolute atomic E-state index is 0.270. The van der Waals surface area contributed by atoms with Gasteiger partial charge in [-0.05, 0) is 36.4 Å². The SMILES string of the molecule is O=C(O)c1ccccc1Nc1ccccc1.c1cnc2c(c1)ccc1cccnc12. The Morgan fingerprint density at radius 1 is 0.667 bits per heavy atom. The van der Waals surface area contributed by atoms with Gasteiger partial charge < -0.3 is 10.4 Å². The molecule has 30 heavy (non-hydrogen) atoms. The number of carboxylic acid groups (broad SMARTS) is 1. The summed E-state index contributed by atoms with van der Waals surface area (Å²) in [6.45, 7) is 0. The van der Waals surface area contributed by atoms with E-state index in [0.29, 0.717) is 5.69 Å². The molecular formula is C25H19N3O2. The number of para-hydroxylation sites is 2. The summed E-state index contributed by atoms with van der Waals surface area (Å²) in [6.07, 6.45) is 3.60. The fourth-order valence-electron chi connectivity index (χ4n) is 3.14. The average molecular weight is 393 g/mol. The molecule has 0 atom stereocenters. The number of fused-ring (bicyclic) bond motifs is 3. The van der Waals surface area contributed by atoms with Gasteiger partial charge in [0, 0.05) is 28.9 Å². The average Bonchev–Trinajstić information content (AvgIpc) is 2.80. The monoisotopic (exact) mass is 393 g/mol. The summed E-state index contributed by atoms with van der Waals surface area (Å²) in [6, 6.07) is 28.4. The molecule has 2 N–H and O–H groups in total. The number of hydrogen-bond acceptors (Lipinski definition) is 4. The van der Waals surface area contributed by atoms with E-state index in [1.54, 1.807) is 36.7 Å². The number of carbonyl (C=O) groups is 1. The van der Waals surface area contributed by atoms with E-state index in [9.17, 15) is 4.79 Å². The van der Waals surface area contributed by atoms with E-state index < -0.39 is 5.97 Å². The maximum atomic E-state index is 11.0. The van der Waals surface area contributed by atoms with Gasteiger partial charge in [0.15, 0.2) is 0 Å². The first-order valence-corrected chi connectivity index (χ1v) is 9.45. The molecule has 0 bridgehead atoms. The van der Waals surface area contributed by atoms with Gasteiger partial charge in [-0.1, -0.05) is 54.6 Å². The van der Waals surface area contributed by atoms with E-state index in [4.69, 9.17) is 5.11 Å². The van der Waals surface area contributed by atoms with Crippen LogP contribution in [0.2, 0.25) is 0 Å². The molecule has 0 saturated carbocycles. The van der Waals surface area contributed by atoms with Gasteiger partial charge in [-0.25, -0.2) is 4.79 Å². The lowest BCUT2D eigenvalue weighted by molar-refractivity contribution is 0.0698. The van der Waals surface area contributed by atoms with Crippen LogP contribution in [0.25, 0.3) is 21.8 Å². The Kier molecular flexibility index (Phi) is 5.62. The fourth-order valence-corrected chi connectivity index (χ4v) is 3.14. The predicted molar refractivity (Wildman–Crippen MR) is 120 cm³/mol. The van der Waals surface area contributed by atoms with E-state index in [0.717, 1.165) is 27.5 Å². The molecule has 0 unspecified atom stereocenters. The quantitative estimate of drug-likeness (QED) is 0.373. The number of aromatic nitrogens is 2. The normalized spacial score (nSPS) is 10.3. The molecule has 5 aromatic rings. The van der Waals surface area contributed by atoms with Crippen molar-refractivity contribution < 1.29 is 9.90 Å². The Morgan fingerprint density at radius 3 is 1.83 bits per heavy atom. The Morgan fingerprint density at radius 2 is 1.23 bits per heavy atom. The minimum Gasteiger partial charge on any atom is -0.478 e. The van der Waals surface area contributed by atoms with E-state index in [-0.39, 0.29) is 5.56 Å². The van der Waals surface area contributed by atoms with Crippen LogP contribution in [0, 0.1) is 0 Å². The lowest BCUT2D eigenvalue weighted by Crippen LogP contribution is -2.01. The number of hydrogen-bond donors (Lipinski definition) is 2. The van der Waals surface area contributed by atoms with Crippen molar-refractivity contribution in [1.29, 1.82) is 0 Å². The van der Waals surface area contributed by atoms with Crippen LogP contribution in [0.15, 0.2) is 103 Å². The minimum atomic E-state index is -0.931. The second kappa shape index (κ2) is 8.84. The van der Waals surface area contributed by atoms with Crippen LogP contribution in [-0.4, -0.2) is 21.0 Å². The van der Waals surface area contributed by atoms with Crippen LogP contribution in [-0.2, 0) is 0 Å². The molecule has 5 rings (SSSR count). The van der Waals surface area contributed by atoms with E-state index >= 15 is 0 Å². The van der Waals surface area contributed by atoms with Crippen LogP contribution in [0.3, 0.4) is 0 Å². The van der Waals surface area contributed by atoms with Crippen molar-refractivity contribution >= 4 is 39.1 Å². The zero-order chi connectivity index (χ0) is 20.8. The topological polar surface area (TPSA) is 75.1 Å². The van der Waals surface area contributed by atoms with Crippen molar-refractivity contribution in [3.8, 4) is 0 Å². The first kappa shape index (κ1) is 19.1. The molecule has 2 heterocycles. The smallest absolute Gasteiger partial charge is 0.337 e. The molecule has 5 heteroatoms. The van der Waals surface area contributed by atoms with Crippen LogP contribution in [0.4, 0.5) is 11.4 Å². The number of aromatic carboxylic acids is 1. The summed E-state index contributed by atoms with van der Waals surface area (Å²) in [5.41, 5.74) is 3.69. The number of nitrogens with zero attached hydrogens (tertiary/aromatic N) is 2. The number of benzene rings is 3. The second-order valence-electron chi connectivity index (χ2n) is 6.56. The third kappa shape index (κ3) is 4.25. The van der Waals surface area contributed by atoms with Crippen molar-refractivity contribution in [3.05, 3.63) is 109 Å². The van der Waals surface area contributed by atoms with Crippen molar-refractivity contribution in [2.75, 3.05) is 5.32 Å². The Bertz CT molecular complexity index is 1250. The molecule has 0 aliphatic heterocycles. The zero-order valence-electron chi connectivity index (χ0n) is 16.1. The third-order valence-corrected chi connectivity index (χ3v) is 4.55. The molecule has 0 aliphatic carbocycles. The summed E-state index contributed by atoms with van der Waals surface area (Å²) in [4.78, 5) is 19.7. The van der Waals surface area contributed by atoms with E-state index in [1.807, 2.05) is 42.5 Å². The Labute approximate surface area is 173 Å². The number of anilines is 2. The summed E-state index contributed by atoms with van der Waals surface area (Å²) >= 11 is 0. The molecule has 5 nitrogen and oxygen atoms in total. The van der Waals surface area contributed by atoms with Crippen molar-refractivity contribution in [2.24, 2.45) is 0 Å². The molecule has 0 radical (unpaired) electrons. The number of pyridine rings is 2. The van der Waals surface area contributed by atoms with Gasteiger partial charge >= 0.3 is 5.97 Å². The maximum Gasteiger partial charge on any atom is 0.337 e. The number of rotatable bonds is 3. The molecule has 0 saturated heterocycles. The molecule has 146 valence electrons. The largest absolute Gasteiger partial charge is 0.478 e. The van der Waals surface area contributed by atoms with Gasteiger partial charge in [0.1, 0.15) is 0 Å². The van der Waals surface area contributed by atoms with Gasteiger partial charge in [-0.3, -0.25) is 9.97 Å². The molecule has 0 amide bonds. The fraction of sp³-hybridized carbons (Fsp3) is 0. The van der Waals surface area contributed by atoms with Crippen molar-refractivity contribution in [2.45, 2.75) is 0 Å². The number of carboxylic acids is 1. The Balaban J connectivity index is 0.000000146. The van der Waals surface area contributed by atoms with Crippen LogP contribution < -0.4 is 5.32 Å². The third-order valence-electron chi connectivity index (χ3n) is 4.55. The van der Waals surface area contributed by atoms with E-state index in [2.05, 4.69) is 39.6 Å². The summed E-state index contributed by atoms with van der Waals surface area (Å²) in [5, 5.41) is 14.4. The Hall–Kier alpha value is -4.25. The molecule has 2 aromatic heterocycles. The highest BCUT2D eigenvalue weighted by Gasteiger charge is 2.08. The lowest BCUT2D eigenvalue weighted by atomic mass is 10.1. The molecule has 3 aromatic carbocycles. The zero-order valence-corrected chi connectivity index (χ0v) is 16.1.